The summed E-state index contributed by atoms with van der Waals surface area (Å²) in [6.45, 7) is 0. The second kappa shape index (κ2) is 5.95. The summed E-state index contributed by atoms with van der Waals surface area (Å²) < 4.78 is 37.2. The monoisotopic (exact) mass is 371 g/mol. The molecule has 0 saturated heterocycles. The molecule has 1 N–H and O–H groups in total. The van der Waals surface area contributed by atoms with E-state index in [1.165, 1.54) is 0 Å². The molecule has 2 aromatic rings. The van der Waals surface area contributed by atoms with E-state index in [1.807, 2.05) is 0 Å². The Bertz CT molecular complexity index is 806. The van der Waals surface area contributed by atoms with Crippen molar-refractivity contribution >= 4 is 37.4 Å². The quantitative estimate of drug-likeness (QED) is 0.842. The first kappa shape index (κ1) is 15.7. The first-order chi connectivity index (χ1) is 9.79. The van der Waals surface area contributed by atoms with Gasteiger partial charge >= 0.3 is 0 Å². The molecule has 0 bridgehead atoms. The molecule has 0 unspecified atom stereocenters. The van der Waals surface area contributed by atoms with Crippen LogP contribution in [0.3, 0.4) is 0 Å². The van der Waals surface area contributed by atoms with E-state index in [9.17, 15) is 17.6 Å². The van der Waals surface area contributed by atoms with Gasteiger partial charge in [0.1, 0.15) is 5.82 Å². The Morgan fingerprint density at radius 3 is 2.48 bits per heavy atom. The summed E-state index contributed by atoms with van der Waals surface area (Å²) in [5, 5.41) is 2.37. The topological polar surface area (TPSA) is 63.2 Å². The maximum Gasteiger partial charge on any atom is 0.256 e. The number of benzene rings is 2. The number of anilines is 1. The Morgan fingerprint density at radius 1 is 1.19 bits per heavy atom. The summed E-state index contributed by atoms with van der Waals surface area (Å²) in [6, 6.07) is 9.91. The highest BCUT2D eigenvalue weighted by atomic mass is 79.9. The average molecular weight is 372 g/mol. The minimum atomic E-state index is -3.48. The van der Waals surface area contributed by atoms with Crippen molar-refractivity contribution in [3.8, 4) is 0 Å². The van der Waals surface area contributed by atoms with Crippen LogP contribution in [-0.2, 0) is 9.84 Å². The third kappa shape index (κ3) is 3.68. The summed E-state index contributed by atoms with van der Waals surface area (Å²) in [5.41, 5.74) is 0.139. The number of carbonyl (C=O) groups excluding carboxylic acids is 1. The minimum Gasteiger partial charge on any atom is -0.319 e. The van der Waals surface area contributed by atoms with Crippen LogP contribution in [0.15, 0.2) is 51.8 Å². The lowest BCUT2D eigenvalue weighted by Crippen LogP contribution is -2.14. The van der Waals surface area contributed by atoms with Crippen molar-refractivity contribution in [1.29, 1.82) is 0 Å². The van der Waals surface area contributed by atoms with Crippen molar-refractivity contribution in [2.24, 2.45) is 0 Å². The van der Waals surface area contributed by atoms with E-state index >= 15 is 0 Å². The van der Waals surface area contributed by atoms with E-state index in [-0.39, 0.29) is 10.6 Å². The summed E-state index contributed by atoms with van der Waals surface area (Å²) >= 11 is 3.22. The predicted molar refractivity (Wildman–Crippen MR) is 81.6 cm³/mol. The number of carbonyl (C=O) groups is 1. The maximum absolute atomic E-state index is 13.7. The van der Waals surface area contributed by atoms with Gasteiger partial charge in [-0.05, 0) is 46.3 Å². The first-order valence-electron chi connectivity index (χ1n) is 5.84. The molecule has 0 heterocycles. The van der Waals surface area contributed by atoms with Crippen molar-refractivity contribution < 1.29 is 17.6 Å². The average Bonchev–Trinajstić information content (AvgIpc) is 2.40. The summed E-state index contributed by atoms with van der Waals surface area (Å²) in [5.74, 6) is -1.24. The van der Waals surface area contributed by atoms with E-state index in [0.29, 0.717) is 10.0 Å². The van der Waals surface area contributed by atoms with E-state index in [4.69, 9.17) is 0 Å². The van der Waals surface area contributed by atoms with Crippen LogP contribution < -0.4 is 5.32 Å². The molecule has 1 amide bonds. The molecule has 0 spiro atoms. The number of sulfone groups is 1. The van der Waals surface area contributed by atoms with Gasteiger partial charge in [0.25, 0.3) is 5.91 Å². The van der Waals surface area contributed by atoms with Crippen LogP contribution in [0, 0.1) is 5.82 Å². The molecule has 0 radical (unpaired) electrons. The fraction of sp³-hybridized carbons (Fsp3) is 0.0714. The van der Waals surface area contributed by atoms with Crippen LogP contribution in [0.2, 0.25) is 0 Å². The highest BCUT2D eigenvalue weighted by Gasteiger charge is 2.15. The predicted octanol–water partition coefficient (Wildman–Crippen LogP) is 3.24. The Kier molecular flexibility index (Phi) is 4.43. The number of hydrogen-bond acceptors (Lipinski definition) is 3. The summed E-state index contributed by atoms with van der Waals surface area (Å²) in [6.07, 6.45) is 1.01. The molecular formula is C14H11BrFNO3S. The van der Waals surface area contributed by atoms with Crippen molar-refractivity contribution in [2.45, 2.75) is 4.90 Å². The van der Waals surface area contributed by atoms with Gasteiger partial charge in [0.15, 0.2) is 9.84 Å². The first-order valence-corrected chi connectivity index (χ1v) is 8.53. The molecule has 0 aliphatic heterocycles. The van der Waals surface area contributed by atoms with E-state index in [1.54, 1.807) is 24.3 Å². The molecule has 110 valence electrons. The lowest BCUT2D eigenvalue weighted by atomic mass is 10.2. The molecule has 2 rings (SSSR count). The molecule has 0 aromatic heterocycles. The second-order valence-electron chi connectivity index (χ2n) is 4.35. The minimum absolute atomic E-state index is 0.0636. The maximum atomic E-state index is 13.7. The number of amides is 1. The molecule has 2 aromatic carbocycles. The number of rotatable bonds is 3. The SMILES string of the molecule is CS(=O)(=O)c1ccc(F)c(NC(=O)c2ccccc2Br)c1. The van der Waals surface area contributed by atoms with Gasteiger partial charge < -0.3 is 5.32 Å². The number of halogens is 2. The molecule has 0 fully saturated rings. The third-order valence-corrected chi connectivity index (χ3v) is 4.53. The number of hydrogen-bond donors (Lipinski definition) is 1. The van der Waals surface area contributed by atoms with Crippen LogP contribution in [0.25, 0.3) is 0 Å². The molecule has 0 aliphatic carbocycles. The van der Waals surface area contributed by atoms with Gasteiger partial charge in [0, 0.05) is 10.7 Å². The zero-order chi connectivity index (χ0) is 15.6. The van der Waals surface area contributed by atoms with Gasteiger partial charge in [-0.2, -0.15) is 0 Å². The fourth-order valence-electron chi connectivity index (χ4n) is 1.67. The van der Waals surface area contributed by atoms with Gasteiger partial charge in [-0.3, -0.25) is 4.79 Å². The Labute approximate surface area is 130 Å². The van der Waals surface area contributed by atoms with Crippen LogP contribution in [0.1, 0.15) is 10.4 Å². The van der Waals surface area contributed by atoms with E-state index in [0.717, 1.165) is 24.5 Å². The molecular weight excluding hydrogens is 361 g/mol. The van der Waals surface area contributed by atoms with Crippen LogP contribution in [0.5, 0.6) is 0 Å². The molecule has 0 aliphatic rings. The van der Waals surface area contributed by atoms with Gasteiger partial charge in [0.05, 0.1) is 16.1 Å². The molecule has 0 saturated carbocycles. The van der Waals surface area contributed by atoms with E-state index < -0.39 is 21.6 Å². The summed E-state index contributed by atoms with van der Waals surface area (Å²) in [4.78, 5) is 12.0. The van der Waals surface area contributed by atoms with Crippen molar-refractivity contribution in [2.75, 3.05) is 11.6 Å². The van der Waals surface area contributed by atoms with E-state index in [2.05, 4.69) is 21.2 Å². The van der Waals surface area contributed by atoms with Crippen LogP contribution in [-0.4, -0.2) is 20.6 Å². The standard InChI is InChI=1S/C14H11BrFNO3S/c1-21(19,20)9-6-7-12(16)13(8-9)17-14(18)10-4-2-3-5-11(10)15/h2-8H,1H3,(H,17,18). The highest BCUT2D eigenvalue weighted by molar-refractivity contribution is 9.10. The Hall–Kier alpha value is -1.73. The number of nitrogens with one attached hydrogen (secondary N) is 1. The fourth-order valence-corrected chi connectivity index (χ4v) is 2.78. The third-order valence-electron chi connectivity index (χ3n) is 2.73. The van der Waals surface area contributed by atoms with Gasteiger partial charge in [-0.15, -0.1) is 0 Å². The van der Waals surface area contributed by atoms with Crippen LogP contribution in [0.4, 0.5) is 10.1 Å². The highest BCUT2D eigenvalue weighted by Crippen LogP contribution is 2.22. The Balaban J connectivity index is 2.36. The second-order valence-corrected chi connectivity index (χ2v) is 7.22. The molecule has 7 heteroatoms. The summed E-state index contributed by atoms with van der Waals surface area (Å²) in [7, 11) is -3.48. The van der Waals surface area contributed by atoms with Crippen molar-refractivity contribution in [1.82, 2.24) is 0 Å². The zero-order valence-electron chi connectivity index (χ0n) is 10.9. The molecule has 0 atom stereocenters. The van der Waals surface area contributed by atoms with Gasteiger partial charge in [-0.25, -0.2) is 12.8 Å². The van der Waals surface area contributed by atoms with Gasteiger partial charge in [-0.1, -0.05) is 12.1 Å². The lowest BCUT2D eigenvalue weighted by molar-refractivity contribution is 0.102. The molecule has 4 nitrogen and oxygen atoms in total. The normalized spacial score (nSPS) is 11.2. The lowest BCUT2D eigenvalue weighted by Gasteiger charge is -2.09. The van der Waals surface area contributed by atoms with Crippen molar-refractivity contribution in [3.63, 3.8) is 0 Å². The smallest absolute Gasteiger partial charge is 0.256 e. The largest absolute Gasteiger partial charge is 0.319 e. The zero-order valence-corrected chi connectivity index (χ0v) is 13.3. The Morgan fingerprint density at radius 2 is 1.86 bits per heavy atom. The van der Waals surface area contributed by atoms with Gasteiger partial charge in [0.2, 0.25) is 0 Å². The van der Waals surface area contributed by atoms with Crippen LogP contribution >= 0.6 is 15.9 Å². The molecule has 21 heavy (non-hydrogen) atoms. The van der Waals surface area contributed by atoms with Crippen molar-refractivity contribution in [3.05, 3.63) is 58.3 Å².